The van der Waals surface area contributed by atoms with Crippen molar-refractivity contribution in [1.82, 2.24) is 10.2 Å². The van der Waals surface area contributed by atoms with E-state index in [4.69, 9.17) is 4.74 Å². The van der Waals surface area contributed by atoms with Crippen molar-refractivity contribution in [3.8, 4) is 0 Å². The zero-order chi connectivity index (χ0) is 9.80. The number of anilines is 1. The zero-order valence-electron chi connectivity index (χ0n) is 7.82. The smallest absolute Gasteiger partial charge is 0.266 e. The molecule has 1 aliphatic heterocycles. The SMILES string of the molecule is O=c1cc(NCC2CCOC2)cn[nH]1. The van der Waals surface area contributed by atoms with Crippen molar-refractivity contribution in [3.63, 3.8) is 0 Å². The average molecular weight is 195 g/mol. The predicted octanol–water partition coefficient (Wildman–Crippen LogP) is 0.218. The molecule has 1 aromatic heterocycles. The number of nitrogens with zero attached hydrogens (tertiary/aromatic N) is 1. The van der Waals surface area contributed by atoms with Gasteiger partial charge in [-0.1, -0.05) is 0 Å². The fraction of sp³-hybridized carbons (Fsp3) is 0.556. The minimum absolute atomic E-state index is 0.183. The van der Waals surface area contributed by atoms with Crippen LogP contribution < -0.4 is 10.9 Å². The van der Waals surface area contributed by atoms with Gasteiger partial charge in [0.05, 0.1) is 18.5 Å². The number of hydrogen-bond donors (Lipinski definition) is 2. The van der Waals surface area contributed by atoms with Gasteiger partial charge in [0, 0.05) is 25.1 Å². The van der Waals surface area contributed by atoms with Crippen LogP contribution in [0.15, 0.2) is 17.1 Å². The van der Waals surface area contributed by atoms with E-state index in [-0.39, 0.29) is 5.56 Å². The van der Waals surface area contributed by atoms with Crippen LogP contribution in [0.1, 0.15) is 6.42 Å². The van der Waals surface area contributed by atoms with Crippen molar-refractivity contribution in [3.05, 3.63) is 22.6 Å². The van der Waals surface area contributed by atoms with Crippen molar-refractivity contribution >= 4 is 5.69 Å². The lowest BCUT2D eigenvalue weighted by molar-refractivity contribution is 0.187. The van der Waals surface area contributed by atoms with Crippen molar-refractivity contribution in [1.29, 1.82) is 0 Å². The lowest BCUT2D eigenvalue weighted by atomic mass is 10.1. The Bertz CT molecular complexity index is 344. The van der Waals surface area contributed by atoms with E-state index in [1.165, 1.54) is 6.07 Å². The highest BCUT2D eigenvalue weighted by molar-refractivity contribution is 5.38. The van der Waals surface area contributed by atoms with E-state index in [1.807, 2.05) is 0 Å². The zero-order valence-corrected chi connectivity index (χ0v) is 7.82. The minimum Gasteiger partial charge on any atom is -0.383 e. The molecule has 5 nitrogen and oxygen atoms in total. The van der Waals surface area contributed by atoms with Crippen LogP contribution in [0.5, 0.6) is 0 Å². The molecule has 2 heterocycles. The molecular weight excluding hydrogens is 182 g/mol. The molecule has 76 valence electrons. The van der Waals surface area contributed by atoms with E-state index in [2.05, 4.69) is 15.5 Å². The Kier molecular flexibility index (Phi) is 2.78. The summed E-state index contributed by atoms with van der Waals surface area (Å²) in [5, 5.41) is 9.19. The van der Waals surface area contributed by atoms with Gasteiger partial charge in [-0.15, -0.1) is 0 Å². The number of rotatable bonds is 3. The standard InChI is InChI=1S/C9H13N3O2/c13-9-3-8(5-11-12-9)10-4-7-1-2-14-6-7/h3,5,7H,1-2,4,6H2,(H2,10,12,13). The van der Waals surface area contributed by atoms with Gasteiger partial charge >= 0.3 is 0 Å². The van der Waals surface area contributed by atoms with Gasteiger partial charge < -0.3 is 10.1 Å². The second-order valence-electron chi connectivity index (χ2n) is 3.44. The van der Waals surface area contributed by atoms with Crippen molar-refractivity contribution in [2.45, 2.75) is 6.42 Å². The molecule has 1 aromatic rings. The summed E-state index contributed by atoms with van der Waals surface area (Å²) in [6, 6.07) is 1.50. The molecule has 0 saturated carbocycles. The first-order chi connectivity index (χ1) is 6.84. The third-order valence-corrected chi connectivity index (χ3v) is 2.28. The molecule has 0 aromatic carbocycles. The van der Waals surface area contributed by atoms with Crippen LogP contribution in [0.25, 0.3) is 0 Å². The van der Waals surface area contributed by atoms with E-state index >= 15 is 0 Å². The van der Waals surface area contributed by atoms with Gasteiger partial charge in [0.15, 0.2) is 0 Å². The monoisotopic (exact) mass is 195 g/mol. The Morgan fingerprint density at radius 3 is 3.36 bits per heavy atom. The molecule has 1 aliphatic rings. The highest BCUT2D eigenvalue weighted by Crippen LogP contribution is 2.12. The van der Waals surface area contributed by atoms with Crippen LogP contribution in [0.2, 0.25) is 0 Å². The third-order valence-electron chi connectivity index (χ3n) is 2.28. The molecule has 1 fully saturated rings. The van der Waals surface area contributed by atoms with Gasteiger partial charge in [0.25, 0.3) is 5.56 Å². The largest absolute Gasteiger partial charge is 0.383 e. The van der Waals surface area contributed by atoms with Gasteiger partial charge in [-0.25, -0.2) is 5.10 Å². The highest BCUT2D eigenvalue weighted by atomic mass is 16.5. The number of nitrogens with one attached hydrogen (secondary N) is 2. The first-order valence-electron chi connectivity index (χ1n) is 4.71. The van der Waals surface area contributed by atoms with E-state index in [0.29, 0.717) is 5.92 Å². The summed E-state index contributed by atoms with van der Waals surface area (Å²) in [5.41, 5.74) is 0.582. The lowest BCUT2D eigenvalue weighted by Gasteiger charge is -2.09. The number of ether oxygens (including phenoxy) is 1. The second kappa shape index (κ2) is 4.23. The number of hydrogen-bond acceptors (Lipinski definition) is 4. The molecule has 1 atom stereocenters. The first kappa shape index (κ1) is 9.21. The Hall–Kier alpha value is -1.36. The topological polar surface area (TPSA) is 67.0 Å². The van der Waals surface area contributed by atoms with Crippen molar-refractivity contribution in [2.24, 2.45) is 5.92 Å². The fourth-order valence-corrected chi connectivity index (χ4v) is 1.48. The molecule has 2 rings (SSSR count). The van der Waals surface area contributed by atoms with E-state index < -0.39 is 0 Å². The molecule has 0 aliphatic carbocycles. The maximum absolute atomic E-state index is 10.9. The highest BCUT2D eigenvalue weighted by Gasteiger charge is 2.14. The third kappa shape index (κ3) is 2.32. The average Bonchev–Trinajstić information content (AvgIpc) is 2.67. The van der Waals surface area contributed by atoms with Crippen LogP contribution in [0, 0.1) is 5.92 Å². The first-order valence-corrected chi connectivity index (χ1v) is 4.71. The summed E-state index contributed by atoms with van der Waals surface area (Å²) in [7, 11) is 0. The summed E-state index contributed by atoms with van der Waals surface area (Å²) in [5.74, 6) is 0.550. The Morgan fingerprint density at radius 2 is 2.64 bits per heavy atom. The molecular formula is C9H13N3O2. The summed E-state index contributed by atoms with van der Waals surface area (Å²) in [6.45, 7) is 2.49. The Morgan fingerprint density at radius 1 is 1.71 bits per heavy atom. The van der Waals surface area contributed by atoms with Gasteiger partial charge in [0.2, 0.25) is 0 Å². The van der Waals surface area contributed by atoms with Gasteiger partial charge in [0.1, 0.15) is 0 Å². The molecule has 2 N–H and O–H groups in total. The van der Waals surface area contributed by atoms with Crippen LogP contribution in [0.3, 0.4) is 0 Å². The van der Waals surface area contributed by atoms with Crippen LogP contribution in [-0.2, 0) is 4.74 Å². The van der Waals surface area contributed by atoms with E-state index in [1.54, 1.807) is 6.20 Å². The number of aromatic amines is 1. The number of aromatic nitrogens is 2. The quantitative estimate of drug-likeness (QED) is 0.724. The molecule has 0 spiro atoms. The van der Waals surface area contributed by atoms with Crippen LogP contribution >= 0.6 is 0 Å². The lowest BCUT2D eigenvalue weighted by Crippen LogP contribution is -2.16. The predicted molar refractivity (Wildman–Crippen MR) is 52.3 cm³/mol. The molecule has 0 bridgehead atoms. The van der Waals surface area contributed by atoms with E-state index in [9.17, 15) is 4.79 Å². The van der Waals surface area contributed by atoms with Gasteiger partial charge in [-0.05, 0) is 6.42 Å². The number of H-pyrrole nitrogens is 1. The summed E-state index contributed by atoms with van der Waals surface area (Å²) in [6.07, 6.45) is 2.70. The summed E-state index contributed by atoms with van der Waals surface area (Å²) >= 11 is 0. The fourth-order valence-electron chi connectivity index (χ4n) is 1.48. The molecule has 0 amide bonds. The Balaban J connectivity index is 1.88. The second-order valence-corrected chi connectivity index (χ2v) is 3.44. The summed E-state index contributed by atoms with van der Waals surface area (Å²) < 4.78 is 5.25. The van der Waals surface area contributed by atoms with Crippen molar-refractivity contribution in [2.75, 3.05) is 25.1 Å². The molecule has 0 radical (unpaired) electrons. The minimum atomic E-state index is -0.183. The van der Waals surface area contributed by atoms with Crippen LogP contribution in [-0.4, -0.2) is 30.0 Å². The van der Waals surface area contributed by atoms with Crippen LogP contribution in [0.4, 0.5) is 5.69 Å². The molecule has 1 unspecified atom stereocenters. The van der Waals surface area contributed by atoms with Gasteiger partial charge in [-0.3, -0.25) is 4.79 Å². The molecule has 5 heteroatoms. The molecule has 1 saturated heterocycles. The van der Waals surface area contributed by atoms with Crippen molar-refractivity contribution < 1.29 is 4.74 Å². The maximum atomic E-state index is 10.9. The maximum Gasteiger partial charge on any atom is 0.266 e. The Labute approximate surface area is 81.5 Å². The van der Waals surface area contributed by atoms with E-state index in [0.717, 1.165) is 31.9 Å². The normalized spacial score (nSPS) is 21.0. The molecule has 14 heavy (non-hydrogen) atoms. The van der Waals surface area contributed by atoms with Gasteiger partial charge in [-0.2, -0.15) is 5.10 Å². The summed E-state index contributed by atoms with van der Waals surface area (Å²) in [4.78, 5) is 10.9.